The highest BCUT2D eigenvalue weighted by atomic mass is 35.5. The second-order valence-corrected chi connectivity index (χ2v) is 6.69. The SMILES string of the molecule is CC(Cl)CCNS(=O)(=O)CCc1ccccc1. The van der Waals surface area contributed by atoms with Crippen molar-refractivity contribution in [2.24, 2.45) is 0 Å². The molecule has 1 atom stereocenters. The van der Waals surface area contributed by atoms with Crippen molar-refractivity contribution in [1.29, 1.82) is 0 Å². The Morgan fingerprint density at radius 2 is 1.94 bits per heavy atom. The maximum Gasteiger partial charge on any atom is 0.211 e. The number of halogens is 1. The minimum absolute atomic E-state index is 0.00757. The van der Waals surface area contributed by atoms with Gasteiger partial charge in [-0.2, -0.15) is 0 Å². The van der Waals surface area contributed by atoms with Crippen molar-refractivity contribution in [1.82, 2.24) is 4.72 Å². The maximum absolute atomic E-state index is 11.6. The number of rotatable bonds is 7. The van der Waals surface area contributed by atoms with Crippen LogP contribution >= 0.6 is 11.6 Å². The zero-order valence-electron chi connectivity index (χ0n) is 9.90. The van der Waals surface area contributed by atoms with Crippen molar-refractivity contribution in [3.05, 3.63) is 35.9 Å². The van der Waals surface area contributed by atoms with Gasteiger partial charge < -0.3 is 0 Å². The van der Waals surface area contributed by atoms with E-state index in [1.54, 1.807) is 0 Å². The molecule has 0 aliphatic carbocycles. The molecule has 0 amide bonds. The quantitative estimate of drug-likeness (QED) is 0.775. The van der Waals surface area contributed by atoms with E-state index >= 15 is 0 Å². The van der Waals surface area contributed by atoms with Gasteiger partial charge in [0.2, 0.25) is 10.0 Å². The van der Waals surface area contributed by atoms with Gasteiger partial charge in [0.1, 0.15) is 0 Å². The monoisotopic (exact) mass is 275 g/mol. The summed E-state index contributed by atoms with van der Waals surface area (Å²) in [6, 6.07) is 9.58. The minimum Gasteiger partial charge on any atom is -0.215 e. The Labute approximate surface area is 108 Å². The Morgan fingerprint density at radius 1 is 1.29 bits per heavy atom. The number of sulfonamides is 1. The molecule has 0 saturated carbocycles. The molecule has 1 N–H and O–H groups in total. The van der Waals surface area contributed by atoms with E-state index in [1.807, 2.05) is 37.3 Å². The van der Waals surface area contributed by atoms with Crippen LogP contribution in [-0.2, 0) is 16.4 Å². The van der Waals surface area contributed by atoms with Gasteiger partial charge in [-0.25, -0.2) is 13.1 Å². The van der Waals surface area contributed by atoms with Gasteiger partial charge in [0.05, 0.1) is 5.75 Å². The van der Waals surface area contributed by atoms with E-state index in [0.29, 0.717) is 19.4 Å². The summed E-state index contributed by atoms with van der Waals surface area (Å²) in [5, 5.41) is -0.00757. The lowest BCUT2D eigenvalue weighted by Gasteiger charge is -2.07. The second kappa shape index (κ2) is 6.99. The molecule has 5 heteroatoms. The Hall–Kier alpha value is -0.580. The van der Waals surface area contributed by atoms with Gasteiger partial charge in [-0.3, -0.25) is 0 Å². The van der Waals surface area contributed by atoms with Crippen LogP contribution in [0.15, 0.2) is 30.3 Å². The van der Waals surface area contributed by atoms with Gasteiger partial charge in [-0.1, -0.05) is 30.3 Å². The van der Waals surface area contributed by atoms with Crippen molar-refractivity contribution in [2.45, 2.75) is 25.1 Å². The molecule has 17 heavy (non-hydrogen) atoms. The van der Waals surface area contributed by atoms with Crippen molar-refractivity contribution in [3.63, 3.8) is 0 Å². The number of nitrogens with one attached hydrogen (secondary N) is 1. The fraction of sp³-hybridized carbons (Fsp3) is 0.500. The third-order valence-electron chi connectivity index (χ3n) is 2.37. The number of aryl methyl sites for hydroxylation is 1. The minimum atomic E-state index is -3.18. The largest absolute Gasteiger partial charge is 0.215 e. The van der Waals surface area contributed by atoms with Crippen LogP contribution in [0.4, 0.5) is 0 Å². The van der Waals surface area contributed by atoms with E-state index in [9.17, 15) is 8.42 Å². The van der Waals surface area contributed by atoms with Gasteiger partial charge in [-0.05, 0) is 25.3 Å². The van der Waals surface area contributed by atoms with E-state index in [-0.39, 0.29) is 11.1 Å². The first kappa shape index (κ1) is 14.5. The van der Waals surface area contributed by atoms with Crippen LogP contribution in [0.3, 0.4) is 0 Å². The second-order valence-electron chi connectivity index (χ2n) is 4.02. The summed E-state index contributed by atoms with van der Waals surface area (Å²) in [6.07, 6.45) is 1.18. The molecule has 0 spiro atoms. The maximum atomic E-state index is 11.6. The third-order valence-corrected chi connectivity index (χ3v) is 3.97. The molecule has 1 aromatic rings. The summed E-state index contributed by atoms with van der Waals surface area (Å²) in [5.74, 6) is 0.119. The molecule has 0 saturated heterocycles. The molecule has 0 bridgehead atoms. The van der Waals surface area contributed by atoms with Gasteiger partial charge in [0.15, 0.2) is 0 Å². The number of hydrogen-bond donors (Lipinski definition) is 1. The Bertz CT molecular complexity index is 417. The van der Waals surface area contributed by atoms with Crippen LogP contribution in [0.5, 0.6) is 0 Å². The summed E-state index contributed by atoms with van der Waals surface area (Å²) >= 11 is 5.74. The van der Waals surface area contributed by atoms with Gasteiger partial charge in [0.25, 0.3) is 0 Å². The van der Waals surface area contributed by atoms with Crippen LogP contribution in [0.25, 0.3) is 0 Å². The molecule has 0 aliphatic rings. The summed E-state index contributed by atoms with van der Waals surface area (Å²) in [5.41, 5.74) is 1.03. The predicted octanol–water partition coefficient (Wildman–Crippen LogP) is 2.17. The van der Waals surface area contributed by atoms with Crippen molar-refractivity contribution in [3.8, 4) is 0 Å². The molecule has 1 unspecified atom stereocenters. The molecule has 96 valence electrons. The molecule has 0 fully saturated rings. The summed E-state index contributed by atoms with van der Waals surface area (Å²) in [7, 11) is -3.18. The Morgan fingerprint density at radius 3 is 2.53 bits per heavy atom. The average molecular weight is 276 g/mol. The van der Waals surface area contributed by atoms with E-state index in [1.165, 1.54) is 0 Å². The lowest BCUT2D eigenvalue weighted by molar-refractivity contribution is 0.578. The standard InChI is InChI=1S/C12H18ClNO2S/c1-11(13)7-9-14-17(15,16)10-8-12-5-3-2-4-6-12/h2-6,11,14H,7-10H2,1H3. The topological polar surface area (TPSA) is 46.2 Å². The summed E-state index contributed by atoms with van der Waals surface area (Å²) in [6.45, 7) is 2.25. The Balaban J connectivity index is 2.35. The molecule has 0 heterocycles. The number of hydrogen-bond acceptors (Lipinski definition) is 2. The van der Waals surface area contributed by atoms with Crippen LogP contribution in [0.2, 0.25) is 0 Å². The molecule has 0 aliphatic heterocycles. The highest BCUT2D eigenvalue weighted by Crippen LogP contribution is 2.02. The third kappa shape index (κ3) is 6.66. The smallest absolute Gasteiger partial charge is 0.211 e. The van der Waals surface area contributed by atoms with Gasteiger partial charge in [0, 0.05) is 11.9 Å². The zero-order chi connectivity index (χ0) is 12.7. The lowest BCUT2D eigenvalue weighted by Crippen LogP contribution is -2.29. The first-order chi connectivity index (χ1) is 7.99. The van der Waals surface area contributed by atoms with Crippen molar-refractivity contribution >= 4 is 21.6 Å². The van der Waals surface area contributed by atoms with E-state index in [4.69, 9.17) is 11.6 Å². The highest BCUT2D eigenvalue weighted by Gasteiger charge is 2.10. The van der Waals surface area contributed by atoms with Crippen molar-refractivity contribution in [2.75, 3.05) is 12.3 Å². The first-order valence-corrected chi connectivity index (χ1v) is 7.74. The predicted molar refractivity (Wildman–Crippen MR) is 71.9 cm³/mol. The summed E-state index contributed by atoms with van der Waals surface area (Å²) in [4.78, 5) is 0. The van der Waals surface area contributed by atoms with Crippen LogP contribution < -0.4 is 4.72 Å². The molecule has 1 rings (SSSR count). The number of alkyl halides is 1. The zero-order valence-corrected chi connectivity index (χ0v) is 11.5. The summed E-state index contributed by atoms with van der Waals surface area (Å²) < 4.78 is 25.8. The molecular formula is C12H18ClNO2S. The van der Waals surface area contributed by atoms with Crippen molar-refractivity contribution < 1.29 is 8.42 Å². The Kier molecular flexibility index (Phi) is 5.95. The van der Waals surface area contributed by atoms with Gasteiger partial charge >= 0.3 is 0 Å². The van der Waals surface area contributed by atoms with Crippen LogP contribution in [0, 0.1) is 0 Å². The first-order valence-electron chi connectivity index (χ1n) is 5.65. The van der Waals surface area contributed by atoms with E-state index < -0.39 is 10.0 Å². The molecular weight excluding hydrogens is 258 g/mol. The van der Waals surface area contributed by atoms with E-state index in [2.05, 4.69) is 4.72 Å². The lowest BCUT2D eigenvalue weighted by atomic mass is 10.2. The normalized spacial score (nSPS) is 13.5. The van der Waals surface area contributed by atoms with Crippen LogP contribution in [-0.4, -0.2) is 26.1 Å². The molecule has 0 radical (unpaired) electrons. The average Bonchev–Trinajstić information content (AvgIpc) is 2.27. The van der Waals surface area contributed by atoms with E-state index in [0.717, 1.165) is 5.56 Å². The van der Waals surface area contributed by atoms with Crippen LogP contribution in [0.1, 0.15) is 18.9 Å². The fourth-order valence-corrected chi connectivity index (χ4v) is 2.57. The molecule has 1 aromatic carbocycles. The molecule has 3 nitrogen and oxygen atoms in total. The fourth-order valence-electron chi connectivity index (χ4n) is 1.38. The van der Waals surface area contributed by atoms with Gasteiger partial charge in [-0.15, -0.1) is 11.6 Å². The highest BCUT2D eigenvalue weighted by molar-refractivity contribution is 7.89. The number of benzene rings is 1. The molecule has 0 aromatic heterocycles.